The Kier molecular flexibility index (Phi) is 2.65. The van der Waals surface area contributed by atoms with Crippen LogP contribution in [0.1, 0.15) is 35.4 Å². The number of hydrogen-bond donors (Lipinski definition) is 2. The zero-order valence-electron chi connectivity index (χ0n) is 12.8. The molecule has 3 atom stereocenters. The van der Waals surface area contributed by atoms with E-state index in [0.717, 1.165) is 36.4 Å². The van der Waals surface area contributed by atoms with Gasteiger partial charge in [-0.25, -0.2) is 0 Å². The molecular weight excluding hydrogens is 290 g/mol. The normalized spacial score (nSPS) is 31.9. The Balaban J connectivity index is 1.47. The second-order valence-electron chi connectivity index (χ2n) is 6.80. The molecule has 3 aliphatic heterocycles. The summed E-state index contributed by atoms with van der Waals surface area (Å²) in [6, 6.07) is 12.5. The topological polar surface area (TPSA) is 57.5 Å². The van der Waals surface area contributed by atoms with Crippen molar-refractivity contribution in [2.75, 3.05) is 5.32 Å². The molecule has 5 heteroatoms. The molecule has 1 spiro atoms. The molecule has 23 heavy (non-hydrogen) atoms. The second-order valence-corrected chi connectivity index (χ2v) is 6.80. The van der Waals surface area contributed by atoms with Gasteiger partial charge in [0.15, 0.2) is 0 Å². The first-order valence-corrected chi connectivity index (χ1v) is 8.23. The average Bonchev–Trinajstić information content (AvgIpc) is 3.24. The molecule has 5 nitrogen and oxygen atoms in total. The van der Waals surface area contributed by atoms with Gasteiger partial charge in [0.05, 0.1) is 24.4 Å². The van der Waals surface area contributed by atoms with Crippen molar-refractivity contribution < 1.29 is 9.21 Å². The molecule has 0 unspecified atom stereocenters. The van der Waals surface area contributed by atoms with Crippen molar-refractivity contribution in [1.29, 1.82) is 0 Å². The molecule has 1 aromatic heterocycles. The molecule has 2 N–H and O–H groups in total. The highest BCUT2D eigenvalue weighted by Gasteiger charge is 2.58. The minimum absolute atomic E-state index is 0.0323. The Labute approximate surface area is 134 Å². The van der Waals surface area contributed by atoms with Crippen molar-refractivity contribution in [3.8, 4) is 0 Å². The summed E-state index contributed by atoms with van der Waals surface area (Å²) in [4.78, 5) is 15.0. The van der Waals surface area contributed by atoms with Crippen LogP contribution in [0.25, 0.3) is 0 Å². The number of carbonyl (C=O) groups excluding carboxylic acids is 1. The Bertz CT molecular complexity index is 757. The van der Waals surface area contributed by atoms with Crippen molar-refractivity contribution >= 4 is 11.6 Å². The number of hydrogen-bond acceptors (Lipinski definition) is 4. The molecule has 2 aromatic rings. The lowest BCUT2D eigenvalue weighted by atomic mass is 9.86. The quantitative estimate of drug-likeness (QED) is 0.895. The summed E-state index contributed by atoms with van der Waals surface area (Å²) in [5.41, 5.74) is 1.33. The molecular formula is C18H19N3O2. The number of para-hydroxylation sites is 1. The molecule has 5 rings (SSSR count). The van der Waals surface area contributed by atoms with Gasteiger partial charge in [0.2, 0.25) is 0 Å². The lowest BCUT2D eigenvalue weighted by Gasteiger charge is -2.43. The maximum absolute atomic E-state index is 12.6. The van der Waals surface area contributed by atoms with Crippen LogP contribution in [0.3, 0.4) is 0 Å². The van der Waals surface area contributed by atoms with E-state index >= 15 is 0 Å². The van der Waals surface area contributed by atoms with Crippen molar-refractivity contribution in [3.63, 3.8) is 0 Å². The van der Waals surface area contributed by atoms with Crippen LogP contribution < -0.4 is 10.6 Å². The molecule has 0 radical (unpaired) electrons. The Morgan fingerprint density at radius 1 is 1.17 bits per heavy atom. The third-order valence-corrected chi connectivity index (χ3v) is 5.55. The van der Waals surface area contributed by atoms with E-state index in [1.54, 1.807) is 6.26 Å². The van der Waals surface area contributed by atoms with Gasteiger partial charge >= 0.3 is 0 Å². The first kappa shape index (κ1) is 13.2. The van der Waals surface area contributed by atoms with Gasteiger partial charge < -0.3 is 15.1 Å². The highest BCUT2D eigenvalue weighted by Crippen LogP contribution is 2.47. The van der Waals surface area contributed by atoms with Crippen molar-refractivity contribution in [1.82, 2.24) is 10.2 Å². The Morgan fingerprint density at radius 2 is 2.09 bits per heavy atom. The van der Waals surface area contributed by atoms with Gasteiger partial charge in [0.25, 0.3) is 5.91 Å². The zero-order chi connectivity index (χ0) is 15.4. The van der Waals surface area contributed by atoms with Gasteiger partial charge in [0, 0.05) is 18.2 Å². The smallest absolute Gasteiger partial charge is 0.255 e. The molecule has 2 bridgehead atoms. The second kappa shape index (κ2) is 4.61. The van der Waals surface area contributed by atoms with Crippen molar-refractivity contribution in [2.24, 2.45) is 0 Å². The summed E-state index contributed by atoms with van der Waals surface area (Å²) < 4.78 is 5.52. The fourth-order valence-electron chi connectivity index (χ4n) is 4.61. The lowest BCUT2D eigenvalue weighted by Crippen LogP contribution is -2.64. The van der Waals surface area contributed by atoms with Crippen LogP contribution in [0.15, 0.2) is 47.1 Å². The average molecular weight is 309 g/mol. The first-order valence-electron chi connectivity index (χ1n) is 8.23. The van der Waals surface area contributed by atoms with Crippen LogP contribution >= 0.6 is 0 Å². The molecule has 2 saturated heterocycles. The van der Waals surface area contributed by atoms with Crippen LogP contribution in [-0.2, 0) is 6.54 Å². The van der Waals surface area contributed by atoms with Gasteiger partial charge in [-0.3, -0.25) is 9.69 Å². The van der Waals surface area contributed by atoms with Gasteiger partial charge in [-0.1, -0.05) is 12.1 Å². The Hall–Kier alpha value is -2.27. The summed E-state index contributed by atoms with van der Waals surface area (Å²) in [6.07, 6.45) is 4.95. The number of carbonyl (C=O) groups is 1. The van der Waals surface area contributed by atoms with E-state index in [1.165, 1.54) is 6.42 Å². The third kappa shape index (κ3) is 1.86. The molecule has 0 aliphatic carbocycles. The minimum Gasteiger partial charge on any atom is -0.468 e. The SMILES string of the molecule is O=C1N[C@@]2(C[C@H]3CC[C@@H]2N3Cc2ccco2)Nc2ccccc21. The highest BCUT2D eigenvalue weighted by atomic mass is 16.3. The molecule has 3 aliphatic rings. The maximum atomic E-state index is 12.6. The van der Waals surface area contributed by atoms with E-state index < -0.39 is 0 Å². The van der Waals surface area contributed by atoms with E-state index in [1.807, 2.05) is 36.4 Å². The number of rotatable bonds is 2. The highest BCUT2D eigenvalue weighted by molar-refractivity contribution is 6.02. The molecule has 2 fully saturated rings. The fourth-order valence-corrected chi connectivity index (χ4v) is 4.61. The number of amides is 1. The summed E-state index contributed by atoms with van der Waals surface area (Å²) in [5.74, 6) is 1.02. The van der Waals surface area contributed by atoms with Crippen LogP contribution in [0.5, 0.6) is 0 Å². The lowest BCUT2D eigenvalue weighted by molar-refractivity contribution is 0.0868. The summed E-state index contributed by atoms with van der Waals surface area (Å²) in [6.45, 7) is 0.809. The van der Waals surface area contributed by atoms with E-state index in [9.17, 15) is 4.79 Å². The zero-order valence-corrected chi connectivity index (χ0v) is 12.8. The fraction of sp³-hybridized carbons (Fsp3) is 0.389. The van der Waals surface area contributed by atoms with Gasteiger partial charge in [0.1, 0.15) is 11.4 Å². The van der Waals surface area contributed by atoms with Crippen LogP contribution in [0.2, 0.25) is 0 Å². The molecule has 1 aromatic carbocycles. The standard InChI is InChI=1S/C18H19N3O2/c22-17-14-5-1-2-6-15(14)19-18(20-17)10-12-7-8-16(18)21(12)11-13-4-3-9-23-13/h1-6,9,12,16,19H,7-8,10-11H2,(H,20,22)/t12-,16+,18-/m1/s1. The number of nitrogens with one attached hydrogen (secondary N) is 2. The van der Waals surface area contributed by atoms with Gasteiger partial charge in [-0.05, 0) is 37.1 Å². The van der Waals surface area contributed by atoms with E-state index in [-0.39, 0.29) is 11.6 Å². The first-order chi connectivity index (χ1) is 11.3. The Morgan fingerprint density at radius 3 is 2.96 bits per heavy atom. The van der Waals surface area contributed by atoms with Crippen LogP contribution in [0.4, 0.5) is 5.69 Å². The molecule has 4 heterocycles. The van der Waals surface area contributed by atoms with Gasteiger partial charge in [-0.15, -0.1) is 0 Å². The van der Waals surface area contributed by atoms with Gasteiger partial charge in [-0.2, -0.15) is 0 Å². The number of nitrogens with zero attached hydrogens (tertiary/aromatic N) is 1. The molecule has 0 saturated carbocycles. The number of furan rings is 1. The van der Waals surface area contributed by atoms with Crippen molar-refractivity contribution in [2.45, 2.75) is 43.6 Å². The molecule has 1 amide bonds. The van der Waals surface area contributed by atoms with Crippen molar-refractivity contribution in [3.05, 3.63) is 54.0 Å². The summed E-state index contributed by atoms with van der Waals surface area (Å²) >= 11 is 0. The van der Waals surface area contributed by atoms with E-state index in [0.29, 0.717) is 12.1 Å². The maximum Gasteiger partial charge on any atom is 0.255 e. The minimum atomic E-state index is -0.346. The van der Waals surface area contributed by atoms with E-state index in [2.05, 4.69) is 15.5 Å². The number of fused-ring (bicyclic) bond motifs is 4. The largest absolute Gasteiger partial charge is 0.468 e. The van der Waals surface area contributed by atoms with Crippen LogP contribution in [0, 0.1) is 0 Å². The van der Waals surface area contributed by atoms with E-state index in [4.69, 9.17) is 4.42 Å². The summed E-state index contributed by atoms with van der Waals surface area (Å²) in [5, 5.41) is 6.91. The predicted molar refractivity (Wildman–Crippen MR) is 85.9 cm³/mol. The van der Waals surface area contributed by atoms with Crippen LogP contribution in [-0.4, -0.2) is 28.6 Å². The predicted octanol–water partition coefficient (Wildman–Crippen LogP) is 2.57. The third-order valence-electron chi connectivity index (χ3n) is 5.55. The monoisotopic (exact) mass is 309 g/mol. The molecule has 118 valence electrons. The number of benzene rings is 1. The number of anilines is 1. The summed E-state index contributed by atoms with van der Waals surface area (Å²) in [7, 11) is 0.